The fourth-order valence-electron chi connectivity index (χ4n) is 2.85. The predicted octanol–water partition coefficient (Wildman–Crippen LogP) is 2.49. The van der Waals surface area contributed by atoms with Gasteiger partial charge in [0.2, 0.25) is 11.4 Å². The smallest absolute Gasteiger partial charge is 0.208 e. The van der Waals surface area contributed by atoms with Crippen molar-refractivity contribution in [3.8, 4) is 34.3 Å². The van der Waals surface area contributed by atoms with E-state index in [4.69, 9.17) is 19.9 Å². The van der Waals surface area contributed by atoms with Crippen molar-refractivity contribution in [3.63, 3.8) is 0 Å². The van der Waals surface area contributed by atoms with E-state index in [9.17, 15) is 0 Å². The average molecular weight is 378 g/mol. The SMILES string of the molecule is COc1cc(-n2nc3nc(-c4ccccc4)nc(N)c3n2)cc(OC)c1OC. The molecule has 0 saturated carbocycles. The van der Waals surface area contributed by atoms with Crippen LogP contribution in [0.3, 0.4) is 0 Å². The maximum Gasteiger partial charge on any atom is 0.208 e. The zero-order chi connectivity index (χ0) is 19.7. The third-order valence-corrected chi connectivity index (χ3v) is 4.19. The molecule has 9 heteroatoms. The summed E-state index contributed by atoms with van der Waals surface area (Å²) in [6.45, 7) is 0. The zero-order valence-corrected chi connectivity index (χ0v) is 15.6. The van der Waals surface area contributed by atoms with E-state index in [1.165, 1.54) is 4.80 Å². The van der Waals surface area contributed by atoms with Gasteiger partial charge in [0.15, 0.2) is 28.7 Å². The van der Waals surface area contributed by atoms with Crippen LogP contribution >= 0.6 is 0 Å². The van der Waals surface area contributed by atoms with Crippen LogP contribution in [0.5, 0.6) is 17.2 Å². The molecule has 0 atom stereocenters. The van der Waals surface area contributed by atoms with Gasteiger partial charge in [0.25, 0.3) is 0 Å². The van der Waals surface area contributed by atoms with Crippen LogP contribution in [0, 0.1) is 0 Å². The van der Waals surface area contributed by atoms with E-state index < -0.39 is 0 Å². The van der Waals surface area contributed by atoms with Gasteiger partial charge in [-0.1, -0.05) is 30.3 Å². The lowest BCUT2D eigenvalue weighted by atomic mass is 10.2. The van der Waals surface area contributed by atoms with Crippen molar-refractivity contribution in [1.29, 1.82) is 0 Å². The molecule has 2 N–H and O–H groups in total. The summed E-state index contributed by atoms with van der Waals surface area (Å²) in [4.78, 5) is 10.3. The minimum Gasteiger partial charge on any atom is -0.493 e. The summed E-state index contributed by atoms with van der Waals surface area (Å²) >= 11 is 0. The number of nitrogens with zero attached hydrogens (tertiary/aromatic N) is 5. The predicted molar refractivity (Wildman–Crippen MR) is 104 cm³/mol. The van der Waals surface area contributed by atoms with Crippen molar-refractivity contribution in [1.82, 2.24) is 25.0 Å². The molecule has 142 valence electrons. The lowest BCUT2D eigenvalue weighted by molar-refractivity contribution is 0.324. The number of nitrogen functional groups attached to an aromatic ring is 1. The highest BCUT2D eigenvalue weighted by molar-refractivity contribution is 5.82. The quantitative estimate of drug-likeness (QED) is 0.564. The first-order valence-corrected chi connectivity index (χ1v) is 8.41. The number of fused-ring (bicyclic) bond motifs is 1. The van der Waals surface area contributed by atoms with Crippen LogP contribution in [0.4, 0.5) is 5.82 Å². The zero-order valence-electron chi connectivity index (χ0n) is 15.6. The Morgan fingerprint density at radius 1 is 0.857 bits per heavy atom. The highest BCUT2D eigenvalue weighted by atomic mass is 16.5. The molecule has 0 unspecified atom stereocenters. The van der Waals surface area contributed by atoms with E-state index in [1.807, 2.05) is 30.3 Å². The Bertz CT molecular complexity index is 1120. The van der Waals surface area contributed by atoms with Gasteiger partial charge in [0.1, 0.15) is 0 Å². The Morgan fingerprint density at radius 3 is 2.14 bits per heavy atom. The van der Waals surface area contributed by atoms with Gasteiger partial charge in [-0.05, 0) is 0 Å². The van der Waals surface area contributed by atoms with Crippen LogP contribution in [-0.4, -0.2) is 46.3 Å². The molecule has 9 nitrogen and oxygen atoms in total. The minimum absolute atomic E-state index is 0.252. The average Bonchev–Trinajstić information content (AvgIpc) is 3.18. The fraction of sp³-hybridized carbons (Fsp3) is 0.158. The van der Waals surface area contributed by atoms with Crippen molar-refractivity contribution in [2.24, 2.45) is 0 Å². The van der Waals surface area contributed by atoms with Gasteiger partial charge in [0.05, 0.1) is 27.0 Å². The molecule has 2 heterocycles. The molecule has 2 aromatic heterocycles. The summed E-state index contributed by atoms with van der Waals surface area (Å²) in [6, 6.07) is 13.0. The number of hydrogen-bond acceptors (Lipinski definition) is 8. The normalized spacial score (nSPS) is 10.8. The van der Waals surface area contributed by atoms with E-state index in [1.54, 1.807) is 33.5 Å². The third-order valence-electron chi connectivity index (χ3n) is 4.19. The number of aromatic nitrogens is 5. The van der Waals surface area contributed by atoms with Crippen molar-refractivity contribution < 1.29 is 14.2 Å². The van der Waals surface area contributed by atoms with Crippen LogP contribution < -0.4 is 19.9 Å². The molecule has 2 aromatic carbocycles. The van der Waals surface area contributed by atoms with Crippen LogP contribution in [0.15, 0.2) is 42.5 Å². The Hall–Kier alpha value is -3.88. The van der Waals surface area contributed by atoms with Gasteiger partial charge in [-0.3, -0.25) is 0 Å². The summed E-state index contributed by atoms with van der Waals surface area (Å²) in [5, 5.41) is 8.89. The standard InChI is InChI=1S/C19H18N6O3/c1-26-13-9-12(10-14(27-2)16(13)28-3)25-23-15-17(20)21-18(22-19(15)24-25)11-7-5-4-6-8-11/h4-10H,1-3H3,(H2,20,21,22,24). The molecular formula is C19H18N6O3. The largest absolute Gasteiger partial charge is 0.493 e. The van der Waals surface area contributed by atoms with Gasteiger partial charge in [-0.2, -0.15) is 0 Å². The van der Waals surface area contributed by atoms with Crippen LogP contribution in [0.2, 0.25) is 0 Å². The van der Waals surface area contributed by atoms with Gasteiger partial charge in [-0.25, -0.2) is 9.97 Å². The van der Waals surface area contributed by atoms with E-state index in [0.717, 1.165) is 5.56 Å². The van der Waals surface area contributed by atoms with Crippen molar-refractivity contribution in [2.45, 2.75) is 0 Å². The highest BCUT2D eigenvalue weighted by Gasteiger charge is 2.18. The molecule has 0 bridgehead atoms. The summed E-state index contributed by atoms with van der Waals surface area (Å²) in [5.74, 6) is 2.20. The second-order valence-corrected chi connectivity index (χ2v) is 5.84. The van der Waals surface area contributed by atoms with E-state index in [-0.39, 0.29) is 5.82 Å². The first kappa shape index (κ1) is 17.5. The first-order valence-electron chi connectivity index (χ1n) is 8.41. The number of rotatable bonds is 5. The van der Waals surface area contributed by atoms with Gasteiger partial charge in [0, 0.05) is 17.7 Å². The Morgan fingerprint density at radius 2 is 1.54 bits per heavy atom. The molecule has 4 aromatic rings. The molecule has 0 radical (unpaired) electrons. The molecule has 0 aliphatic heterocycles. The second kappa shape index (κ2) is 7.03. The molecule has 0 saturated heterocycles. The molecule has 0 amide bonds. The number of methoxy groups -OCH3 is 3. The summed E-state index contributed by atoms with van der Waals surface area (Å²) < 4.78 is 16.1. The van der Waals surface area contributed by atoms with Crippen molar-refractivity contribution >= 4 is 17.0 Å². The first-order chi connectivity index (χ1) is 13.6. The molecule has 0 aliphatic rings. The van der Waals surface area contributed by atoms with E-state index >= 15 is 0 Å². The molecular weight excluding hydrogens is 360 g/mol. The Kier molecular flexibility index (Phi) is 4.40. The summed E-state index contributed by atoms with van der Waals surface area (Å²) in [6.07, 6.45) is 0. The lowest BCUT2D eigenvalue weighted by Gasteiger charge is -2.13. The lowest BCUT2D eigenvalue weighted by Crippen LogP contribution is -2.02. The van der Waals surface area contributed by atoms with Crippen LogP contribution in [0.1, 0.15) is 0 Å². The fourth-order valence-corrected chi connectivity index (χ4v) is 2.85. The van der Waals surface area contributed by atoms with Gasteiger partial charge >= 0.3 is 0 Å². The van der Waals surface area contributed by atoms with E-state index in [0.29, 0.717) is 39.9 Å². The molecule has 4 rings (SSSR count). The summed E-state index contributed by atoms with van der Waals surface area (Å²) in [7, 11) is 4.63. The van der Waals surface area contributed by atoms with E-state index in [2.05, 4.69) is 20.2 Å². The highest BCUT2D eigenvalue weighted by Crippen LogP contribution is 2.39. The number of hydrogen-bond donors (Lipinski definition) is 1. The number of benzene rings is 2. The molecule has 0 spiro atoms. The maximum absolute atomic E-state index is 6.11. The molecule has 0 fully saturated rings. The third kappa shape index (κ3) is 2.92. The second-order valence-electron chi connectivity index (χ2n) is 5.84. The topological polar surface area (TPSA) is 110 Å². The number of nitrogens with two attached hydrogens (primary N) is 1. The van der Waals surface area contributed by atoms with Gasteiger partial charge in [-0.15, -0.1) is 15.0 Å². The van der Waals surface area contributed by atoms with Crippen molar-refractivity contribution in [3.05, 3.63) is 42.5 Å². The Labute approximate surface area is 160 Å². The van der Waals surface area contributed by atoms with Crippen LogP contribution in [-0.2, 0) is 0 Å². The maximum atomic E-state index is 6.11. The number of ether oxygens (including phenoxy) is 3. The van der Waals surface area contributed by atoms with Crippen molar-refractivity contribution in [2.75, 3.05) is 27.1 Å². The van der Waals surface area contributed by atoms with Crippen LogP contribution in [0.25, 0.3) is 28.2 Å². The summed E-state index contributed by atoms with van der Waals surface area (Å²) in [5.41, 5.74) is 8.36. The van der Waals surface area contributed by atoms with Gasteiger partial charge < -0.3 is 19.9 Å². The number of anilines is 1. The Balaban J connectivity index is 1.86. The minimum atomic E-state index is 0.252. The monoisotopic (exact) mass is 378 g/mol. The molecule has 28 heavy (non-hydrogen) atoms. The molecule has 0 aliphatic carbocycles.